The Hall–Kier alpha value is -2.59. The van der Waals surface area contributed by atoms with E-state index in [4.69, 9.17) is 11.0 Å². The van der Waals surface area contributed by atoms with Gasteiger partial charge >= 0.3 is 0 Å². The Morgan fingerprint density at radius 3 is 2.47 bits per heavy atom. The SMILES string of the molecule is N#Cc1ccc(NS(=O)(=O)c2ncccc2N)cc1. The van der Waals surface area contributed by atoms with Crippen molar-refractivity contribution in [2.75, 3.05) is 10.5 Å². The molecule has 0 unspecified atom stereocenters. The third kappa shape index (κ3) is 2.81. The summed E-state index contributed by atoms with van der Waals surface area (Å²) in [7, 11) is -3.83. The number of nitrogens with one attached hydrogen (secondary N) is 1. The molecule has 2 rings (SSSR count). The van der Waals surface area contributed by atoms with Crippen LogP contribution in [0.15, 0.2) is 47.6 Å². The summed E-state index contributed by atoms with van der Waals surface area (Å²) in [6.45, 7) is 0. The van der Waals surface area contributed by atoms with Crippen molar-refractivity contribution >= 4 is 21.4 Å². The van der Waals surface area contributed by atoms with Crippen LogP contribution in [0.3, 0.4) is 0 Å². The van der Waals surface area contributed by atoms with Crippen LogP contribution in [-0.2, 0) is 10.0 Å². The molecule has 0 fully saturated rings. The summed E-state index contributed by atoms with van der Waals surface area (Å²) in [5, 5.41) is 8.44. The van der Waals surface area contributed by atoms with Gasteiger partial charge in [0.15, 0.2) is 5.03 Å². The number of aromatic nitrogens is 1. The molecule has 0 aliphatic carbocycles. The Morgan fingerprint density at radius 2 is 1.89 bits per heavy atom. The van der Waals surface area contributed by atoms with Gasteiger partial charge in [-0.1, -0.05) is 0 Å². The number of rotatable bonds is 3. The minimum Gasteiger partial charge on any atom is -0.396 e. The molecular formula is C12H10N4O2S. The first kappa shape index (κ1) is 12.9. The van der Waals surface area contributed by atoms with Crippen molar-refractivity contribution < 1.29 is 8.42 Å². The monoisotopic (exact) mass is 274 g/mol. The van der Waals surface area contributed by atoms with Crippen molar-refractivity contribution in [3.8, 4) is 6.07 Å². The van der Waals surface area contributed by atoms with Crippen molar-refractivity contribution in [3.63, 3.8) is 0 Å². The number of pyridine rings is 1. The Morgan fingerprint density at radius 1 is 1.21 bits per heavy atom. The van der Waals surface area contributed by atoms with Gasteiger partial charge in [0.1, 0.15) is 0 Å². The first-order valence-electron chi connectivity index (χ1n) is 5.26. The lowest BCUT2D eigenvalue weighted by atomic mass is 10.2. The molecule has 0 aliphatic rings. The number of nitriles is 1. The summed E-state index contributed by atoms with van der Waals surface area (Å²) in [5.41, 5.74) is 6.44. The fraction of sp³-hybridized carbons (Fsp3) is 0. The van der Waals surface area contributed by atoms with E-state index in [1.807, 2.05) is 6.07 Å². The van der Waals surface area contributed by atoms with Gasteiger partial charge in [0.2, 0.25) is 0 Å². The van der Waals surface area contributed by atoms with E-state index >= 15 is 0 Å². The third-order valence-corrected chi connectivity index (χ3v) is 3.68. The van der Waals surface area contributed by atoms with Gasteiger partial charge in [0.05, 0.1) is 17.3 Å². The fourth-order valence-corrected chi connectivity index (χ4v) is 2.57. The zero-order chi connectivity index (χ0) is 13.9. The molecule has 0 saturated carbocycles. The third-order valence-electron chi connectivity index (χ3n) is 2.32. The molecular weight excluding hydrogens is 264 g/mol. The summed E-state index contributed by atoms with van der Waals surface area (Å²) in [5.74, 6) is 0. The van der Waals surface area contributed by atoms with Crippen molar-refractivity contribution in [2.24, 2.45) is 0 Å². The van der Waals surface area contributed by atoms with Gasteiger partial charge in [-0.3, -0.25) is 4.72 Å². The van der Waals surface area contributed by atoms with E-state index in [9.17, 15) is 8.42 Å². The standard InChI is InChI=1S/C12H10N4O2S/c13-8-9-3-5-10(6-4-9)16-19(17,18)12-11(14)2-1-7-15-12/h1-7,16H,14H2. The Kier molecular flexibility index (Phi) is 3.35. The average Bonchev–Trinajstić information content (AvgIpc) is 2.39. The minimum absolute atomic E-state index is 0.0728. The lowest BCUT2D eigenvalue weighted by Crippen LogP contribution is -2.16. The highest BCUT2D eigenvalue weighted by molar-refractivity contribution is 7.92. The van der Waals surface area contributed by atoms with Gasteiger partial charge in [-0.15, -0.1) is 0 Å². The number of hydrogen-bond donors (Lipinski definition) is 2. The van der Waals surface area contributed by atoms with Crippen molar-refractivity contribution in [2.45, 2.75) is 5.03 Å². The van der Waals surface area contributed by atoms with Gasteiger partial charge in [0, 0.05) is 11.9 Å². The number of anilines is 2. The molecule has 19 heavy (non-hydrogen) atoms. The minimum atomic E-state index is -3.83. The van der Waals surface area contributed by atoms with Crippen LogP contribution in [-0.4, -0.2) is 13.4 Å². The topological polar surface area (TPSA) is 109 Å². The summed E-state index contributed by atoms with van der Waals surface area (Å²) in [4.78, 5) is 3.75. The molecule has 1 heterocycles. The first-order valence-corrected chi connectivity index (χ1v) is 6.75. The van der Waals surface area contributed by atoms with Gasteiger partial charge in [-0.25, -0.2) is 4.98 Å². The van der Waals surface area contributed by atoms with Gasteiger partial charge < -0.3 is 5.73 Å². The van der Waals surface area contributed by atoms with Crippen LogP contribution in [0.1, 0.15) is 5.56 Å². The lowest BCUT2D eigenvalue weighted by Gasteiger charge is -2.08. The van der Waals surface area contributed by atoms with Crippen LogP contribution >= 0.6 is 0 Å². The highest BCUT2D eigenvalue weighted by Gasteiger charge is 2.18. The van der Waals surface area contributed by atoms with Crippen LogP contribution in [0.4, 0.5) is 11.4 Å². The van der Waals surface area contributed by atoms with Crippen molar-refractivity contribution in [3.05, 3.63) is 48.2 Å². The maximum absolute atomic E-state index is 12.1. The normalized spacial score (nSPS) is 10.7. The molecule has 0 atom stereocenters. The second-order valence-corrected chi connectivity index (χ2v) is 5.29. The summed E-state index contributed by atoms with van der Waals surface area (Å²) in [6.07, 6.45) is 1.35. The zero-order valence-corrected chi connectivity index (χ0v) is 10.6. The molecule has 7 heteroatoms. The molecule has 0 bridgehead atoms. The first-order chi connectivity index (χ1) is 9.03. The smallest absolute Gasteiger partial charge is 0.281 e. The zero-order valence-electron chi connectivity index (χ0n) is 9.74. The average molecular weight is 274 g/mol. The number of hydrogen-bond acceptors (Lipinski definition) is 5. The molecule has 0 aliphatic heterocycles. The molecule has 0 amide bonds. The second kappa shape index (κ2) is 4.96. The molecule has 1 aromatic carbocycles. The Labute approximate surface area is 110 Å². The Bertz CT molecular complexity index is 733. The van der Waals surface area contributed by atoms with Gasteiger partial charge in [-0.05, 0) is 36.4 Å². The van der Waals surface area contributed by atoms with E-state index in [0.717, 1.165) is 0 Å². The van der Waals surface area contributed by atoms with Crippen LogP contribution in [0.5, 0.6) is 0 Å². The van der Waals surface area contributed by atoms with Crippen LogP contribution < -0.4 is 10.5 Å². The second-order valence-electron chi connectivity index (χ2n) is 3.69. The van der Waals surface area contributed by atoms with Crippen LogP contribution in [0.2, 0.25) is 0 Å². The van der Waals surface area contributed by atoms with E-state index < -0.39 is 10.0 Å². The molecule has 1 aromatic heterocycles. The van der Waals surface area contributed by atoms with E-state index in [1.165, 1.54) is 36.5 Å². The lowest BCUT2D eigenvalue weighted by molar-refractivity contribution is 0.598. The van der Waals surface area contributed by atoms with E-state index in [0.29, 0.717) is 11.3 Å². The predicted molar refractivity (Wildman–Crippen MR) is 70.6 cm³/mol. The van der Waals surface area contributed by atoms with E-state index in [2.05, 4.69) is 9.71 Å². The quantitative estimate of drug-likeness (QED) is 0.877. The van der Waals surface area contributed by atoms with Crippen LogP contribution in [0.25, 0.3) is 0 Å². The molecule has 0 spiro atoms. The summed E-state index contributed by atoms with van der Waals surface area (Å²) < 4.78 is 26.5. The van der Waals surface area contributed by atoms with Crippen molar-refractivity contribution in [1.29, 1.82) is 5.26 Å². The maximum Gasteiger partial charge on any atom is 0.281 e. The Balaban J connectivity index is 2.32. The van der Waals surface area contributed by atoms with E-state index in [-0.39, 0.29) is 10.7 Å². The molecule has 0 radical (unpaired) electrons. The predicted octanol–water partition coefficient (Wildman–Crippen LogP) is 1.34. The molecule has 0 saturated heterocycles. The number of nitrogens with zero attached hydrogens (tertiary/aromatic N) is 2. The van der Waals surface area contributed by atoms with Gasteiger partial charge in [-0.2, -0.15) is 13.7 Å². The molecule has 2 aromatic rings. The highest BCUT2D eigenvalue weighted by Crippen LogP contribution is 2.18. The largest absolute Gasteiger partial charge is 0.396 e. The molecule has 3 N–H and O–H groups in total. The summed E-state index contributed by atoms with van der Waals surface area (Å²) in [6, 6.07) is 11.0. The summed E-state index contributed by atoms with van der Waals surface area (Å²) >= 11 is 0. The van der Waals surface area contributed by atoms with Crippen molar-refractivity contribution in [1.82, 2.24) is 4.98 Å². The molecule has 6 nitrogen and oxygen atoms in total. The number of benzene rings is 1. The fourth-order valence-electron chi connectivity index (χ4n) is 1.44. The highest BCUT2D eigenvalue weighted by atomic mass is 32.2. The van der Waals surface area contributed by atoms with Gasteiger partial charge in [0.25, 0.3) is 10.0 Å². The number of sulfonamides is 1. The molecule has 96 valence electrons. The maximum atomic E-state index is 12.1. The van der Waals surface area contributed by atoms with Crippen LogP contribution in [0, 0.1) is 11.3 Å². The number of nitrogens with two attached hydrogens (primary N) is 1. The van der Waals surface area contributed by atoms with E-state index in [1.54, 1.807) is 6.07 Å². The number of nitrogen functional groups attached to an aromatic ring is 1.